The average molecular weight is 1400 g/mol. The van der Waals surface area contributed by atoms with Crippen LogP contribution in [0.2, 0.25) is 0 Å². The number of cyclic esters (lactones) is 2. The van der Waals surface area contributed by atoms with Crippen LogP contribution < -0.4 is 19.6 Å². The van der Waals surface area contributed by atoms with E-state index < -0.39 is 62.7 Å². The number of fused-ring (bicyclic) bond motifs is 3. The molecule has 0 bridgehead atoms. The molecule has 3 spiro atoms. The van der Waals surface area contributed by atoms with Crippen molar-refractivity contribution in [1.29, 1.82) is 0 Å². The van der Waals surface area contributed by atoms with Crippen LogP contribution in [0, 0.1) is 16.2 Å². The van der Waals surface area contributed by atoms with Crippen molar-refractivity contribution < 1.29 is 86.1 Å². The SMILES string of the molecule is CC(C)(C)OC(=O)N1CCC2(CC1)OCc1cc(Br)ccc1O2.CC(C)(C)OC(=O)N1CCC2(CC1)OCc1cc(C(=O)CC(C)(C)C(=O)O)ccc1O2.CC1(C)CC(=O)OC1=O.CC1(C)CC(c2ccc3c(c2)COC2(CCN(C4CCC4)CC2)O3)=NNC1=O.O=C1CCC1. The Hall–Kier alpha value is -6.99. The van der Waals surface area contributed by atoms with Gasteiger partial charge in [-0.15, -0.1) is 0 Å². The number of hydrazone groups is 1. The maximum atomic E-state index is 12.6. The number of hydrogen-bond acceptors (Lipinski definition) is 19. The predicted octanol–water partition coefficient (Wildman–Crippen LogP) is 12.5. The van der Waals surface area contributed by atoms with Gasteiger partial charge in [0, 0.05) is 136 Å². The number of carbonyl (C=O) groups is 8. The van der Waals surface area contributed by atoms with Crippen LogP contribution in [0.4, 0.5) is 9.59 Å². The molecule has 10 aliphatic rings. The molecule has 0 unspecified atom stereocenters. The Morgan fingerprint density at radius 2 is 1.07 bits per heavy atom. The minimum Gasteiger partial charge on any atom is -0.481 e. The van der Waals surface area contributed by atoms with Crippen LogP contribution in [0.5, 0.6) is 17.2 Å². The number of piperidine rings is 3. The summed E-state index contributed by atoms with van der Waals surface area (Å²) in [6, 6.07) is 18.0. The van der Waals surface area contributed by atoms with Gasteiger partial charge in [0.05, 0.1) is 48.2 Å². The quantitative estimate of drug-likeness (QED) is 0.100. The van der Waals surface area contributed by atoms with E-state index in [1.165, 1.54) is 33.1 Å². The molecule has 0 atom stereocenters. The second-order valence-corrected chi connectivity index (χ2v) is 31.3. The van der Waals surface area contributed by atoms with Gasteiger partial charge in [0.25, 0.3) is 0 Å². The molecule has 24 heteroatoms. The molecular formula is C72H96BrN5O18. The predicted molar refractivity (Wildman–Crippen MR) is 356 cm³/mol. The Bertz CT molecular complexity index is 3440. The monoisotopic (exact) mass is 1400 g/mol. The third-order valence-electron chi connectivity index (χ3n) is 18.6. The zero-order valence-electron chi connectivity index (χ0n) is 57.8. The molecule has 3 aromatic carbocycles. The first-order valence-corrected chi connectivity index (χ1v) is 34.4. The van der Waals surface area contributed by atoms with E-state index in [9.17, 15) is 43.5 Å². The van der Waals surface area contributed by atoms with Crippen molar-refractivity contribution in [1.82, 2.24) is 20.1 Å². The van der Waals surface area contributed by atoms with Gasteiger partial charge in [-0.25, -0.2) is 15.0 Å². The largest absolute Gasteiger partial charge is 0.481 e. The molecule has 0 aromatic heterocycles. The number of hydrogen-bond donors (Lipinski definition) is 2. The number of esters is 2. The maximum absolute atomic E-state index is 12.6. The third-order valence-corrected chi connectivity index (χ3v) is 19.1. The first-order chi connectivity index (χ1) is 44.9. The minimum atomic E-state index is -1.13. The Labute approximate surface area is 571 Å². The van der Waals surface area contributed by atoms with Gasteiger partial charge in [-0.3, -0.25) is 33.7 Å². The number of likely N-dealkylation sites (tertiary alicyclic amines) is 3. The highest BCUT2D eigenvalue weighted by atomic mass is 79.9. The van der Waals surface area contributed by atoms with Crippen LogP contribution in [0.15, 0.2) is 64.2 Å². The Kier molecular flexibility index (Phi) is 22.3. The number of amides is 3. The van der Waals surface area contributed by atoms with Crippen molar-refractivity contribution in [2.75, 3.05) is 39.3 Å². The van der Waals surface area contributed by atoms with Crippen LogP contribution in [0.25, 0.3) is 0 Å². The lowest BCUT2D eigenvalue weighted by atomic mass is 9.83. The number of carbonyl (C=O) groups excluding carboxylic acids is 7. The topological polar surface area (TPSA) is 274 Å². The van der Waals surface area contributed by atoms with E-state index in [-0.39, 0.29) is 43.3 Å². The summed E-state index contributed by atoms with van der Waals surface area (Å²) < 4.78 is 53.1. The summed E-state index contributed by atoms with van der Waals surface area (Å²) in [7, 11) is 0. The van der Waals surface area contributed by atoms with E-state index in [4.69, 9.17) is 37.9 Å². The molecule has 96 heavy (non-hydrogen) atoms. The van der Waals surface area contributed by atoms with Crippen molar-refractivity contribution in [3.05, 3.63) is 86.9 Å². The van der Waals surface area contributed by atoms with Gasteiger partial charge >= 0.3 is 30.1 Å². The number of halogens is 1. The van der Waals surface area contributed by atoms with E-state index in [0.29, 0.717) is 88.6 Å². The van der Waals surface area contributed by atoms with E-state index in [2.05, 4.69) is 42.2 Å². The molecule has 13 rings (SSSR count). The summed E-state index contributed by atoms with van der Waals surface area (Å²) in [4.78, 5) is 97.2. The molecule has 6 fully saturated rings. The number of carboxylic acid groups (broad SMARTS) is 1. The normalized spacial score (nSPS) is 21.8. The molecule has 3 amide bonds. The van der Waals surface area contributed by atoms with Crippen molar-refractivity contribution in [3.8, 4) is 17.2 Å². The number of benzene rings is 3. The van der Waals surface area contributed by atoms with Gasteiger partial charge in [0.15, 0.2) is 5.78 Å². The highest BCUT2D eigenvalue weighted by Gasteiger charge is 2.47. The van der Waals surface area contributed by atoms with E-state index in [1.54, 1.807) is 41.8 Å². The van der Waals surface area contributed by atoms with E-state index in [0.717, 1.165) is 95.2 Å². The standard InChI is InChI=1S/C23H31NO7.C22H29N3O3.C17H22BrNO4.C6H8O3.C4H6O/c1-21(2,3)31-20(28)24-10-8-23(9-11-24)29-14-16-12-15(6-7-18(16)30-23)17(25)13-22(4,5)19(26)27;1-21(2)13-18(23-24-20(21)26)15-6-7-19-16(12-15)14-27-22(28-19)8-10-25(11-9-22)17-4-3-5-17;1-16(2,3)23-15(20)19-8-6-17(7-9-19)21-11-12-10-13(18)4-5-14(12)22-17;1-6(2)3-4(7)9-5(6)8;5-4-2-1-3-4/h6-7,12H,8-11,13-14H2,1-5H3,(H,26,27);6-7,12,17H,3-5,8-11,13-14H2,1-2H3,(H,24,26);4-5,10H,6-9,11H2,1-3H3;3H2,1-2H3;1-3H2. The first kappa shape index (κ1) is 73.3. The fraction of sp³-hybridized carbons (Fsp3) is 0.625. The Morgan fingerprint density at radius 1 is 0.615 bits per heavy atom. The molecule has 2 saturated carbocycles. The van der Waals surface area contributed by atoms with Gasteiger partial charge < -0.3 is 57.5 Å². The molecule has 0 radical (unpaired) electrons. The van der Waals surface area contributed by atoms with Crippen LogP contribution in [-0.4, -0.2) is 147 Å². The van der Waals surface area contributed by atoms with Crippen LogP contribution in [-0.2, 0) is 72.2 Å². The number of aliphatic carboxylic acids is 1. The second-order valence-electron chi connectivity index (χ2n) is 30.4. The summed E-state index contributed by atoms with van der Waals surface area (Å²) >= 11 is 3.46. The van der Waals surface area contributed by atoms with Crippen molar-refractivity contribution in [3.63, 3.8) is 0 Å². The number of rotatable bonds is 6. The number of carboxylic acids is 1. The van der Waals surface area contributed by atoms with Crippen molar-refractivity contribution in [2.45, 2.75) is 234 Å². The van der Waals surface area contributed by atoms with Crippen molar-refractivity contribution in [2.24, 2.45) is 21.3 Å². The molecule has 524 valence electrons. The summed E-state index contributed by atoms with van der Waals surface area (Å²) in [5.41, 5.74) is 4.68. The molecule has 8 aliphatic heterocycles. The summed E-state index contributed by atoms with van der Waals surface area (Å²) in [6.45, 7) is 27.0. The van der Waals surface area contributed by atoms with Gasteiger partial charge in [-0.2, -0.15) is 5.10 Å². The molecule has 23 nitrogen and oxygen atoms in total. The fourth-order valence-electron chi connectivity index (χ4n) is 12.0. The maximum Gasteiger partial charge on any atom is 0.410 e. The number of nitrogens with zero attached hydrogens (tertiary/aromatic N) is 4. The number of nitrogens with one attached hydrogen (secondary N) is 1. The Balaban J connectivity index is 0.000000154. The van der Waals surface area contributed by atoms with Crippen LogP contribution in [0.3, 0.4) is 0 Å². The lowest BCUT2D eigenvalue weighted by Gasteiger charge is -2.47. The van der Waals surface area contributed by atoms with Gasteiger partial charge in [0.2, 0.25) is 23.3 Å². The molecule has 2 aliphatic carbocycles. The van der Waals surface area contributed by atoms with E-state index in [1.807, 2.05) is 85.7 Å². The smallest absolute Gasteiger partial charge is 0.410 e. The summed E-state index contributed by atoms with van der Waals surface area (Å²) in [5, 5.41) is 13.5. The molecule has 4 saturated heterocycles. The van der Waals surface area contributed by atoms with E-state index >= 15 is 0 Å². The molecule has 3 aromatic rings. The van der Waals surface area contributed by atoms with Crippen LogP contribution >= 0.6 is 15.9 Å². The highest BCUT2D eigenvalue weighted by Crippen LogP contribution is 2.43. The van der Waals surface area contributed by atoms with Gasteiger partial charge in [-0.1, -0.05) is 36.2 Å². The lowest BCUT2D eigenvalue weighted by molar-refractivity contribution is -0.231. The average Bonchev–Trinajstić information content (AvgIpc) is 0.904. The summed E-state index contributed by atoms with van der Waals surface area (Å²) in [6.07, 6.45) is 11.2. The van der Waals surface area contributed by atoms with Gasteiger partial charge in [-0.05, 0) is 149 Å². The lowest BCUT2D eigenvalue weighted by Crippen LogP contribution is -2.54. The minimum absolute atomic E-state index is 0.0314. The molecular weight excluding hydrogens is 1300 g/mol. The summed E-state index contributed by atoms with van der Waals surface area (Å²) in [5.74, 6) is -1.12. The molecule has 8 heterocycles. The second kappa shape index (κ2) is 29.2. The highest BCUT2D eigenvalue weighted by molar-refractivity contribution is 9.10. The fourth-order valence-corrected chi connectivity index (χ4v) is 12.4. The first-order valence-electron chi connectivity index (χ1n) is 33.6. The zero-order chi connectivity index (χ0) is 69.8. The molecule has 2 N–H and O–H groups in total. The number of Topliss-reactive ketones (excluding diaryl/α,β-unsaturated/α-hetero) is 2. The van der Waals surface area contributed by atoms with Crippen LogP contribution in [0.1, 0.15) is 212 Å². The zero-order valence-corrected chi connectivity index (χ0v) is 59.4. The Morgan fingerprint density at radius 3 is 1.47 bits per heavy atom. The van der Waals surface area contributed by atoms with Gasteiger partial charge in [0.1, 0.15) is 34.2 Å². The number of ketones is 2. The van der Waals surface area contributed by atoms with Crippen molar-refractivity contribution >= 4 is 69.2 Å². The number of ether oxygens (including phenoxy) is 9. The third kappa shape index (κ3) is 18.8.